The Hall–Kier alpha value is -7.88. The molecule has 123 heavy (non-hydrogen) atoms. The van der Waals surface area contributed by atoms with Crippen LogP contribution in [0.5, 0.6) is 0 Å². The van der Waals surface area contributed by atoms with Gasteiger partial charge in [0.1, 0.15) is 47.0 Å². The largest absolute Gasteiger partial charge is 1.00 e. The normalized spacial score (nSPS) is 23.1. The summed E-state index contributed by atoms with van der Waals surface area (Å²) in [6, 6.07) is 25.4. The number of imide groups is 3. The summed E-state index contributed by atoms with van der Waals surface area (Å²) in [5, 5.41) is 32.3. The summed E-state index contributed by atoms with van der Waals surface area (Å²) in [5.74, 6) is -4.30. The molecule has 17 atom stereocenters. The molecule has 7 aliphatic heterocycles. The zero-order valence-electron chi connectivity index (χ0n) is 74.3. The Morgan fingerprint density at radius 3 is 1.02 bits per heavy atom. The van der Waals surface area contributed by atoms with Crippen molar-refractivity contribution in [3.63, 3.8) is 0 Å². The number of likely N-dealkylation sites (tertiary alicyclic amines) is 4. The van der Waals surface area contributed by atoms with Crippen molar-refractivity contribution in [2.45, 2.75) is 296 Å². The molecule has 688 valence electrons. The zero-order valence-corrected chi connectivity index (χ0v) is 77.4. The number of hydrogen-bond acceptors (Lipinski definition) is 25. The summed E-state index contributed by atoms with van der Waals surface area (Å²) >= 11 is 12.7. The molecular weight excluding hydrogens is 1700 g/mol. The Bertz CT molecular complexity index is 3840. The summed E-state index contributed by atoms with van der Waals surface area (Å²) < 4.78 is 48.9. The monoisotopic (exact) mass is 1830 g/mol. The number of aliphatic hydroxyl groups excluding tert-OH is 1. The fraction of sp³-hybridized carbons (Fsp3) is 0.651. The number of carboxylic acid groups (broad SMARTS) is 1. The molecule has 0 aliphatic carbocycles. The van der Waals surface area contributed by atoms with Gasteiger partial charge in [-0.15, -0.1) is 23.2 Å². The van der Waals surface area contributed by atoms with Crippen LogP contribution in [0.15, 0.2) is 91.0 Å². The molecule has 1 unspecified atom stereocenters. The predicted molar refractivity (Wildman–Crippen MR) is 457 cm³/mol. The van der Waals surface area contributed by atoms with Crippen molar-refractivity contribution in [2.75, 3.05) is 45.7 Å². The average Bonchev–Trinajstić information content (AvgIpc) is 1.64. The fourth-order valence-corrected chi connectivity index (χ4v) is 15.1. The van der Waals surface area contributed by atoms with Gasteiger partial charge in [-0.25, -0.2) is 48.3 Å². The molecule has 0 aromatic heterocycles. The second-order valence-corrected chi connectivity index (χ2v) is 36.2. The van der Waals surface area contributed by atoms with Gasteiger partial charge in [0.05, 0.1) is 88.5 Å². The van der Waals surface area contributed by atoms with Crippen LogP contribution in [0.25, 0.3) is 0 Å². The number of halogens is 3. The number of aliphatic hydroxyl groups is 1. The molecule has 7 aliphatic rings. The van der Waals surface area contributed by atoms with Gasteiger partial charge in [-0.1, -0.05) is 128 Å². The van der Waals surface area contributed by atoms with Crippen molar-refractivity contribution < 1.29 is 145 Å². The van der Waals surface area contributed by atoms with Crippen molar-refractivity contribution in [2.24, 2.45) is 17.8 Å². The Balaban J connectivity index is 0.000000775. The van der Waals surface area contributed by atoms with Crippen molar-refractivity contribution in [1.29, 1.82) is 0 Å². The molecule has 3 aromatic rings. The minimum Gasteiger partial charge on any atom is -0.870 e. The maximum atomic E-state index is 13.4. The summed E-state index contributed by atoms with van der Waals surface area (Å²) in [4.78, 5) is 156. The number of aldehydes is 1. The molecule has 0 bridgehead atoms. The first-order valence-electron chi connectivity index (χ1n) is 40.2. The van der Waals surface area contributed by atoms with Crippen LogP contribution in [-0.2, 0) is 66.6 Å². The van der Waals surface area contributed by atoms with Crippen molar-refractivity contribution >= 4 is 112 Å². The number of rotatable bonds is 16. The van der Waals surface area contributed by atoms with E-state index in [0.29, 0.717) is 45.4 Å². The molecule has 10 amide bonds. The van der Waals surface area contributed by atoms with Gasteiger partial charge in [0, 0.05) is 40.4 Å². The van der Waals surface area contributed by atoms with E-state index in [1.807, 2.05) is 160 Å². The van der Waals surface area contributed by atoms with Crippen LogP contribution in [0, 0.1) is 17.8 Å². The van der Waals surface area contributed by atoms with E-state index >= 15 is 0 Å². The van der Waals surface area contributed by atoms with E-state index in [1.54, 1.807) is 72.1 Å². The molecule has 0 radical (unpaired) electrons. The molecule has 7 heterocycles. The Morgan fingerprint density at radius 1 is 0.472 bits per heavy atom. The molecule has 0 saturated carbocycles. The number of alkyl halides is 3. The topological polar surface area (TPSA) is 422 Å². The van der Waals surface area contributed by atoms with E-state index in [-0.39, 0.29) is 79.2 Å². The van der Waals surface area contributed by atoms with Crippen LogP contribution in [0.1, 0.15) is 225 Å². The number of benzene rings is 3. The molecule has 33 nitrogen and oxygen atoms in total. The van der Waals surface area contributed by atoms with Gasteiger partial charge in [0.25, 0.3) is 0 Å². The number of nitrogens with zero attached hydrogens (tertiary/aromatic N) is 7. The molecule has 7 saturated heterocycles. The van der Waals surface area contributed by atoms with Crippen LogP contribution in [0.2, 0.25) is 0 Å². The van der Waals surface area contributed by atoms with Crippen LogP contribution >= 0.6 is 39.1 Å². The van der Waals surface area contributed by atoms with E-state index in [0.717, 1.165) is 60.0 Å². The quantitative estimate of drug-likeness (QED) is 0.0258. The molecule has 5 N–H and O–H groups in total. The number of hydrogen-bond donors (Lipinski definition) is 4. The first kappa shape index (κ1) is 113. The van der Waals surface area contributed by atoms with Crippen molar-refractivity contribution in [1.82, 2.24) is 34.3 Å². The van der Waals surface area contributed by atoms with Gasteiger partial charge < -0.3 is 77.8 Å². The molecular formula is C86H131BrCl2LiN7O26. The van der Waals surface area contributed by atoms with Gasteiger partial charge in [0.15, 0.2) is 0 Å². The zero-order chi connectivity index (χ0) is 90.8. The SMILES string of the molecule is C.CC(Br)C(=O)N1C(=O)O[C@@H](c2ccccc2)[C@H]1C.CC(C)(C)OC(=O)N1CCC[C@H]1C=O.CO[C@H]([C@@H](C)C(=O)N1C(=O)O[C@@H](c2ccccc2)[C@H]1C)[C@@H]1CCCN1C(=O)OC(C)(C)C.CO[C@H]([C@@H](C)C(=O)O)[C@@H]1CCCN1C(=O)OC(C)(C)C.C[C@@H]1[C@H](c2ccccc2)OC(=O)N1C(=O)[C@H](C)[C@@H](O)[C@@H]1CCCN1C(=O)OC(C)(C)C.ClCCl.OO.[Li+].[OH-]. The minimum atomic E-state index is -1.13. The standard InChI is InChI=1S/C24H34N2O6.C23H32N2O6.C14H25NO5.C13H14BrNO3.C10H17NO3.CH2Cl2.CH4.Li.H2O2.H2O/c1-15(19(30-6)18-13-10-14-25(18)22(28)32-24(3,4)5)21(27)26-16(2)20(31-23(26)29)17-11-8-7-9-12-17;1-14(18(26)17-12-9-13-24(17)21(28)31-23(3,4)5)20(27)25-15(2)19(30-22(25)29)16-10-7-6-8-11-16;1-9(12(16)17)11(19-5)10-7-6-8-15(10)13(18)20-14(2,3)4;1-8(14)12(16)15-9(2)11(18-13(15)17)10-6-4-3-5-7-10;1-10(2,3)14-9(13)11-6-4-5-8(11)7-12;2-1-3;;;1-2;/h7-9,11-12,15-16,18-20H,10,13-14H2,1-6H3;6-8,10-11,14-15,17-19,26H,9,12-13H2,1-5H3;9-11H,6-8H2,1-5H3,(H,16,17);3-9,11H,1-2H3;7-8H,4-6H2,1-3H3;1H2;1H4;;1-2H;1H2/q;;;;;;;+1;;/p-1/t15-,16-,18+,19-,20-;14-,15-,17+,18-,19-;9-,10+,11-;8?,9-,11-;8-;;;;;/m11110...../s1. The van der Waals surface area contributed by atoms with Crippen LogP contribution in [0.4, 0.5) is 33.6 Å². The number of carbonyl (C=O) groups is 12. The van der Waals surface area contributed by atoms with E-state index in [2.05, 4.69) is 15.9 Å². The van der Waals surface area contributed by atoms with Gasteiger partial charge in [-0.3, -0.25) is 34.6 Å². The van der Waals surface area contributed by atoms with Crippen molar-refractivity contribution in [3.05, 3.63) is 108 Å². The summed E-state index contributed by atoms with van der Waals surface area (Å²) in [7, 11) is 3.01. The number of ether oxygens (including phenoxy) is 9. The molecule has 7 fully saturated rings. The number of methoxy groups -OCH3 is 2. The van der Waals surface area contributed by atoms with Gasteiger partial charge >= 0.3 is 67.5 Å². The smallest absolute Gasteiger partial charge is 0.870 e. The van der Waals surface area contributed by atoms with Crippen molar-refractivity contribution in [3.8, 4) is 0 Å². The number of carbonyl (C=O) groups excluding carboxylic acids is 11. The summed E-state index contributed by atoms with van der Waals surface area (Å²) in [6.45, 7) is 35.8. The number of amides is 10. The van der Waals surface area contributed by atoms with Gasteiger partial charge in [-0.05, 0) is 186 Å². The van der Waals surface area contributed by atoms with E-state index in [1.165, 1.54) is 33.8 Å². The molecule has 37 heteroatoms. The second kappa shape index (κ2) is 51.7. The average molecular weight is 1840 g/mol. The van der Waals surface area contributed by atoms with Crippen LogP contribution in [-0.4, -0.2) is 267 Å². The Labute approximate surface area is 754 Å². The number of carboxylic acids is 1. The second-order valence-electron chi connectivity index (χ2n) is 34.0. The third-order valence-corrected chi connectivity index (χ3v) is 20.9. The Morgan fingerprint density at radius 2 is 0.732 bits per heavy atom. The van der Waals surface area contributed by atoms with Gasteiger partial charge in [-0.2, -0.15) is 0 Å². The maximum Gasteiger partial charge on any atom is 1.00 e. The first-order chi connectivity index (χ1) is 56.1. The maximum absolute atomic E-state index is 13.4. The number of cyclic esters (lactones) is 3. The predicted octanol–water partition coefficient (Wildman–Crippen LogP) is 13.1. The van der Waals surface area contributed by atoms with Crippen LogP contribution < -0.4 is 18.9 Å². The fourth-order valence-electron chi connectivity index (χ4n) is 14.9. The summed E-state index contributed by atoms with van der Waals surface area (Å²) in [5.41, 5.74) is 0.215. The van der Waals surface area contributed by atoms with E-state index in [9.17, 15) is 62.6 Å². The van der Waals surface area contributed by atoms with Crippen LogP contribution in [0.3, 0.4) is 0 Å². The molecule has 10 rings (SSSR count). The third-order valence-electron chi connectivity index (χ3n) is 20.5. The van der Waals surface area contributed by atoms with E-state index in [4.69, 9.17) is 81.5 Å². The Kier molecular flexibility index (Phi) is 47.5. The molecule has 3 aromatic carbocycles. The third kappa shape index (κ3) is 32.5. The number of aliphatic carboxylic acids is 1. The molecule has 0 spiro atoms. The van der Waals surface area contributed by atoms with Gasteiger partial charge in [0.2, 0.25) is 17.7 Å². The first-order valence-corrected chi connectivity index (χ1v) is 42.2. The minimum absolute atomic E-state index is 0. The summed E-state index contributed by atoms with van der Waals surface area (Å²) in [6.07, 6.45) is -0.607. The van der Waals surface area contributed by atoms with E-state index < -0.39 is 148 Å².